The predicted octanol–water partition coefficient (Wildman–Crippen LogP) is 2.09. The number of hydrogen-bond acceptors (Lipinski definition) is 4. The van der Waals surface area contributed by atoms with Gasteiger partial charge in [0.2, 0.25) is 0 Å². The second-order valence-corrected chi connectivity index (χ2v) is 4.28. The summed E-state index contributed by atoms with van der Waals surface area (Å²) in [5, 5.41) is 8.56. The molecule has 0 saturated heterocycles. The van der Waals surface area contributed by atoms with Crippen molar-refractivity contribution in [2.75, 3.05) is 5.75 Å². The smallest absolute Gasteiger partial charge is 0.355 e. The van der Waals surface area contributed by atoms with E-state index in [2.05, 4.69) is 11.3 Å². The van der Waals surface area contributed by atoms with Gasteiger partial charge in [0, 0.05) is 10.6 Å². The first-order valence-electron chi connectivity index (χ1n) is 3.50. The van der Waals surface area contributed by atoms with E-state index < -0.39 is 5.97 Å². The third kappa shape index (κ3) is 2.49. The molecule has 0 aliphatic rings. The number of carbonyl (C=O) groups is 1. The molecular weight excluding hydrogens is 194 g/mol. The van der Waals surface area contributed by atoms with Crippen LogP contribution in [0, 0.1) is 0 Å². The van der Waals surface area contributed by atoms with E-state index in [-0.39, 0.29) is 5.69 Å². The number of rotatable bonds is 4. The van der Waals surface area contributed by atoms with Gasteiger partial charge in [0.15, 0.2) is 5.69 Å². The maximum Gasteiger partial charge on any atom is 0.355 e. The summed E-state index contributed by atoms with van der Waals surface area (Å²) in [6.45, 7) is 2.07. The summed E-state index contributed by atoms with van der Waals surface area (Å²) in [4.78, 5) is 11.5. The lowest BCUT2D eigenvalue weighted by Gasteiger charge is -1.90. The second kappa shape index (κ2) is 4.47. The molecule has 0 unspecified atom stereocenters. The van der Waals surface area contributed by atoms with Crippen molar-refractivity contribution in [3.63, 3.8) is 0 Å². The van der Waals surface area contributed by atoms with Gasteiger partial charge in [0.05, 0.1) is 0 Å². The Morgan fingerprint density at radius 2 is 2.58 bits per heavy atom. The Bertz CT molecular complexity index is 272. The zero-order valence-corrected chi connectivity index (χ0v) is 8.24. The molecule has 3 nitrogen and oxygen atoms in total. The fourth-order valence-corrected chi connectivity index (χ4v) is 2.14. The highest BCUT2D eigenvalue weighted by atomic mass is 32.2. The summed E-state index contributed by atoms with van der Waals surface area (Å²) in [7, 11) is 0. The van der Waals surface area contributed by atoms with Gasteiger partial charge >= 0.3 is 5.97 Å². The lowest BCUT2D eigenvalue weighted by atomic mass is 10.4. The average molecular weight is 203 g/mol. The van der Waals surface area contributed by atoms with E-state index in [0.717, 1.165) is 16.4 Å². The van der Waals surface area contributed by atoms with Crippen molar-refractivity contribution in [3.05, 3.63) is 16.6 Å². The van der Waals surface area contributed by atoms with Crippen LogP contribution in [0.2, 0.25) is 0 Å². The minimum atomic E-state index is -0.945. The molecule has 1 aromatic heterocycles. The Balaban J connectivity index is 2.58. The molecule has 0 saturated carbocycles. The summed E-state index contributed by atoms with van der Waals surface area (Å²) in [5.74, 6) is 0.959. The highest BCUT2D eigenvalue weighted by Crippen LogP contribution is 2.17. The molecule has 1 N–H and O–H groups in total. The average Bonchev–Trinajstić information content (AvgIpc) is 2.48. The molecule has 0 radical (unpaired) electrons. The van der Waals surface area contributed by atoms with Gasteiger partial charge in [-0.2, -0.15) is 16.1 Å². The van der Waals surface area contributed by atoms with Crippen LogP contribution >= 0.6 is 23.3 Å². The number of thioether (sulfide) groups is 1. The van der Waals surface area contributed by atoms with E-state index in [1.807, 2.05) is 0 Å². The SMILES string of the molecule is CCSCc1cc(C(=O)O)ns1. The molecule has 66 valence electrons. The summed E-state index contributed by atoms with van der Waals surface area (Å²) >= 11 is 3.03. The number of hydrogen-bond donors (Lipinski definition) is 1. The van der Waals surface area contributed by atoms with Gasteiger partial charge in [0.25, 0.3) is 0 Å². The molecule has 12 heavy (non-hydrogen) atoms. The maximum absolute atomic E-state index is 10.4. The second-order valence-electron chi connectivity index (χ2n) is 2.12. The molecule has 1 heterocycles. The molecular formula is C7H9NO2S2. The van der Waals surface area contributed by atoms with E-state index in [1.165, 1.54) is 11.5 Å². The first-order chi connectivity index (χ1) is 5.74. The fraction of sp³-hybridized carbons (Fsp3) is 0.429. The molecule has 0 atom stereocenters. The molecule has 0 bridgehead atoms. The van der Waals surface area contributed by atoms with Gasteiger partial charge in [-0.3, -0.25) is 0 Å². The van der Waals surface area contributed by atoms with Gasteiger partial charge < -0.3 is 5.11 Å². The Morgan fingerprint density at radius 3 is 3.08 bits per heavy atom. The number of carboxylic acid groups (broad SMARTS) is 1. The zero-order chi connectivity index (χ0) is 8.97. The molecule has 0 amide bonds. The van der Waals surface area contributed by atoms with Crippen molar-refractivity contribution in [2.24, 2.45) is 0 Å². The molecule has 0 aliphatic carbocycles. The molecule has 0 spiro atoms. The summed E-state index contributed by atoms with van der Waals surface area (Å²) in [6.07, 6.45) is 0. The van der Waals surface area contributed by atoms with Crippen LogP contribution in [-0.4, -0.2) is 21.2 Å². The van der Waals surface area contributed by atoms with E-state index >= 15 is 0 Å². The van der Waals surface area contributed by atoms with Crippen molar-refractivity contribution in [3.8, 4) is 0 Å². The van der Waals surface area contributed by atoms with Gasteiger partial charge in [-0.25, -0.2) is 4.79 Å². The maximum atomic E-state index is 10.4. The summed E-state index contributed by atoms with van der Waals surface area (Å²) < 4.78 is 3.80. The standard InChI is InChI=1S/C7H9NO2S2/c1-2-11-4-5-3-6(7(9)10)8-12-5/h3H,2,4H2,1H3,(H,9,10). The van der Waals surface area contributed by atoms with Crippen LogP contribution in [0.25, 0.3) is 0 Å². The van der Waals surface area contributed by atoms with E-state index in [0.29, 0.717) is 0 Å². The van der Waals surface area contributed by atoms with Gasteiger partial charge in [-0.1, -0.05) is 6.92 Å². The molecule has 1 rings (SSSR count). The lowest BCUT2D eigenvalue weighted by Crippen LogP contribution is -1.94. The van der Waals surface area contributed by atoms with Crippen LogP contribution in [0.4, 0.5) is 0 Å². The van der Waals surface area contributed by atoms with Gasteiger partial charge in [-0.05, 0) is 23.4 Å². The number of carboxylic acids is 1. The highest BCUT2D eigenvalue weighted by molar-refractivity contribution is 7.98. The van der Waals surface area contributed by atoms with Crippen molar-refractivity contribution >= 4 is 29.3 Å². The molecule has 0 aromatic carbocycles. The highest BCUT2D eigenvalue weighted by Gasteiger charge is 2.07. The summed E-state index contributed by atoms with van der Waals surface area (Å²) in [6, 6.07) is 1.63. The van der Waals surface area contributed by atoms with E-state index in [1.54, 1.807) is 17.8 Å². The first-order valence-corrected chi connectivity index (χ1v) is 5.43. The lowest BCUT2D eigenvalue weighted by molar-refractivity contribution is 0.0692. The topological polar surface area (TPSA) is 50.2 Å². The van der Waals surface area contributed by atoms with Gasteiger partial charge in [-0.15, -0.1) is 0 Å². The zero-order valence-electron chi connectivity index (χ0n) is 6.61. The van der Waals surface area contributed by atoms with Crippen LogP contribution in [0.1, 0.15) is 22.3 Å². The normalized spacial score (nSPS) is 10.1. The number of aromatic nitrogens is 1. The molecule has 0 fully saturated rings. The largest absolute Gasteiger partial charge is 0.476 e. The minimum absolute atomic E-state index is 0.159. The Morgan fingerprint density at radius 1 is 1.83 bits per heavy atom. The molecule has 1 aromatic rings. The van der Waals surface area contributed by atoms with Crippen molar-refractivity contribution in [1.82, 2.24) is 4.37 Å². The summed E-state index contributed by atoms with van der Waals surface area (Å²) in [5.41, 5.74) is 0.159. The van der Waals surface area contributed by atoms with E-state index in [4.69, 9.17) is 5.11 Å². The number of nitrogens with zero attached hydrogens (tertiary/aromatic N) is 1. The third-order valence-corrected chi connectivity index (χ3v) is 3.12. The van der Waals surface area contributed by atoms with Crippen molar-refractivity contribution in [2.45, 2.75) is 12.7 Å². The van der Waals surface area contributed by atoms with Crippen molar-refractivity contribution in [1.29, 1.82) is 0 Å². The Kier molecular flexibility index (Phi) is 3.55. The predicted molar refractivity (Wildman–Crippen MR) is 50.9 cm³/mol. The van der Waals surface area contributed by atoms with Crippen LogP contribution < -0.4 is 0 Å². The Hall–Kier alpha value is -0.550. The fourth-order valence-electron chi connectivity index (χ4n) is 0.684. The molecule has 0 aliphatic heterocycles. The third-order valence-electron chi connectivity index (χ3n) is 1.23. The minimum Gasteiger partial charge on any atom is -0.476 e. The van der Waals surface area contributed by atoms with Crippen molar-refractivity contribution < 1.29 is 9.90 Å². The monoisotopic (exact) mass is 203 g/mol. The molecule has 5 heteroatoms. The van der Waals surface area contributed by atoms with Crippen LogP contribution in [0.5, 0.6) is 0 Å². The number of aromatic carboxylic acids is 1. The Labute approximate surface area is 79.0 Å². The van der Waals surface area contributed by atoms with Crippen LogP contribution in [-0.2, 0) is 5.75 Å². The quantitative estimate of drug-likeness (QED) is 0.814. The van der Waals surface area contributed by atoms with E-state index in [9.17, 15) is 4.79 Å². The van der Waals surface area contributed by atoms with Crippen LogP contribution in [0.15, 0.2) is 6.07 Å². The van der Waals surface area contributed by atoms with Gasteiger partial charge in [0.1, 0.15) is 0 Å². The van der Waals surface area contributed by atoms with Crippen LogP contribution in [0.3, 0.4) is 0 Å². The first kappa shape index (κ1) is 9.54.